The van der Waals surface area contributed by atoms with Gasteiger partial charge >= 0.3 is 0 Å². The summed E-state index contributed by atoms with van der Waals surface area (Å²) in [7, 11) is 0. The highest BCUT2D eigenvalue weighted by molar-refractivity contribution is 5.85. The van der Waals surface area contributed by atoms with Crippen LogP contribution in [0.1, 0.15) is 0 Å². The molecule has 2 aromatic carbocycles. The molecule has 0 bridgehead atoms. The summed E-state index contributed by atoms with van der Waals surface area (Å²) in [5, 5.41) is 2.44. The molecule has 1 heterocycles. The first-order valence-electron chi connectivity index (χ1n) is 5.67. The quantitative estimate of drug-likeness (QED) is 0.720. The van der Waals surface area contributed by atoms with E-state index in [1.165, 1.54) is 16.5 Å². The van der Waals surface area contributed by atoms with Crippen molar-refractivity contribution in [3.8, 4) is 0 Å². The number of fused-ring (bicyclic) bond motifs is 1. The molecule has 1 fully saturated rings. The van der Waals surface area contributed by atoms with Gasteiger partial charge in [0.05, 0.1) is 13.2 Å². The standard InChI is InChI=1S/C14H14NO/c1-2-4-13-11-14(6-5-12(13)3-1)15-7-9-16-10-8-15/h1-6H,7-10H2. The first kappa shape index (κ1) is 9.67. The summed E-state index contributed by atoms with van der Waals surface area (Å²) in [5.74, 6) is 0. The highest BCUT2D eigenvalue weighted by atomic mass is 16.5. The summed E-state index contributed by atoms with van der Waals surface area (Å²) < 4.78 is 5.35. The number of morpholine rings is 1. The zero-order chi connectivity index (χ0) is 10.8. The summed E-state index contributed by atoms with van der Waals surface area (Å²) in [4.78, 5) is 2.33. The van der Waals surface area contributed by atoms with E-state index in [1.54, 1.807) is 0 Å². The van der Waals surface area contributed by atoms with Gasteiger partial charge in [-0.05, 0) is 16.8 Å². The normalized spacial score (nSPS) is 16.6. The fourth-order valence-electron chi connectivity index (χ4n) is 2.09. The molecule has 0 N–H and O–H groups in total. The molecule has 0 unspecified atom stereocenters. The van der Waals surface area contributed by atoms with Crippen molar-refractivity contribution in [3.05, 3.63) is 42.5 Å². The molecule has 0 aromatic heterocycles. The van der Waals surface area contributed by atoms with Crippen molar-refractivity contribution in [2.24, 2.45) is 0 Å². The average Bonchev–Trinajstić information content (AvgIpc) is 2.39. The molecule has 1 radical (unpaired) electrons. The molecule has 81 valence electrons. The van der Waals surface area contributed by atoms with Gasteiger partial charge in [-0.15, -0.1) is 0 Å². The molecule has 0 aliphatic carbocycles. The monoisotopic (exact) mass is 212 g/mol. The molecule has 0 atom stereocenters. The van der Waals surface area contributed by atoms with Crippen LogP contribution < -0.4 is 4.90 Å². The molecule has 16 heavy (non-hydrogen) atoms. The summed E-state index contributed by atoms with van der Waals surface area (Å²) in [5.41, 5.74) is 1.18. The second-order valence-electron chi connectivity index (χ2n) is 4.03. The molecule has 0 amide bonds. The van der Waals surface area contributed by atoms with Crippen LogP contribution in [0.25, 0.3) is 10.8 Å². The number of benzene rings is 2. The Balaban J connectivity index is 1.97. The number of hydrogen-bond donors (Lipinski definition) is 0. The van der Waals surface area contributed by atoms with Crippen molar-refractivity contribution in [1.82, 2.24) is 0 Å². The zero-order valence-electron chi connectivity index (χ0n) is 9.15. The van der Waals surface area contributed by atoms with Crippen LogP contribution in [0.2, 0.25) is 0 Å². The summed E-state index contributed by atoms with van der Waals surface area (Å²) in [6.07, 6.45) is 0. The zero-order valence-corrected chi connectivity index (χ0v) is 9.15. The van der Waals surface area contributed by atoms with Crippen LogP contribution in [0.15, 0.2) is 36.4 Å². The molecular weight excluding hydrogens is 198 g/mol. The molecule has 0 saturated carbocycles. The van der Waals surface area contributed by atoms with Gasteiger partial charge in [-0.3, -0.25) is 0 Å². The summed E-state index contributed by atoms with van der Waals surface area (Å²) in [6.45, 7) is 3.57. The summed E-state index contributed by atoms with van der Waals surface area (Å²) in [6, 6.07) is 16.1. The Hall–Kier alpha value is -1.54. The third kappa shape index (κ3) is 1.76. The summed E-state index contributed by atoms with van der Waals surface area (Å²) >= 11 is 0. The first-order chi connectivity index (χ1) is 7.93. The van der Waals surface area contributed by atoms with Gasteiger partial charge in [0.2, 0.25) is 0 Å². The van der Waals surface area contributed by atoms with E-state index in [9.17, 15) is 0 Å². The maximum atomic E-state index is 5.35. The molecule has 3 rings (SSSR count). The van der Waals surface area contributed by atoms with Gasteiger partial charge in [0.25, 0.3) is 0 Å². The minimum Gasteiger partial charge on any atom is -0.378 e. The van der Waals surface area contributed by atoms with Crippen molar-refractivity contribution in [2.45, 2.75) is 0 Å². The van der Waals surface area contributed by atoms with Crippen molar-refractivity contribution in [2.75, 3.05) is 31.2 Å². The largest absolute Gasteiger partial charge is 0.378 e. The van der Waals surface area contributed by atoms with E-state index in [0.29, 0.717) is 0 Å². The Bertz CT molecular complexity index is 489. The lowest BCUT2D eigenvalue weighted by molar-refractivity contribution is 0.122. The first-order valence-corrected chi connectivity index (χ1v) is 5.67. The Morgan fingerprint density at radius 2 is 1.81 bits per heavy atom. The third-order valence-electron chi connectivity index (χ3n) is 3.00. The van der Waals surface area contributed by atoms with E-state index in [4.69, 9.17) is 4.74 Å². The van der Waals surface area contributed by atoms with E-state index in [0.717, 1.165) is 26.3 Å². The lowest BCUT2D eigenvalue weighted by Gasteiger charge is -2.28. The SMILES string of the molecule is [c]1c(N2CCOCC2)ccc2ccccc12. The number of rotatable bonds is 1. The van der Waals surface area contributed by atoms with Crippen molar-refractivity contribution < 1.29 is 4.74 Å². The van der Waals surface area contributed by atoms with Crippen LogP contribution in [0, 0.1) is 6.07 Å². The maximum Gasteiger partial charge on any atom is 0.0642 e. The van der Waals surface area contributed by atoms with Gasteiger partial charge in [-0.2, -0.15) is 0 Å². The van der Waals surface area contributed by atoms with E-state index < -0.39 is 0 Å². The molecule has 1 saturated heterocycles. The molecule has 1 aliphatic rings. The number of hydrogen-bond acceptors (Lipinski definition) is 2. The van der Waals surface area contributed by atoms with Gasteiger partial charge in [0, 0.05) is 24.8 Å². The van der Waals surface area contributed by atoms with Crippen LogP contribution in [-0.2, 0) is 4.74 Å². The highest BCUT2D eigenvalue weighted by Gasteiger charge is 2.11. The number of ether oxygens (including phenoxy) is 1. The van der Waals surface area contributed by atoms with E-state index >= 15 is 0 Å². The number of nitrogens with zero attached hydrogens (tertiary/aromatic N) is 1. The average molecular weight is 212 g/mol. The molecule has 1 aliphatic heterocycles. The third-order valence-corrected chi connectivity index (χ3v) is 3.00. The van der Waals surface area contributed by atoms with E-state index in [1.807, 2.05) is 0 Å². The number of anilines is 1. The van der Waals surface area contributed by atoms with Crippen LogP contribution in [-0.4, -0.2) is 26.3 Å². The minimum absolute atomic E-state index is 0.820. The van der Waals surface area contributed by atoms with Gasteiger partial charge < -0.3 is 9.64 Å². The Morgan fingerprint density at radius 3 is 2.69 bits per heavy atom. The molecule has 2 aromatic rings. The molecule has 0 spiro atoms. The fourth-order valence-corrected chi connectivity index (χ4v) is 2.09. The Kier molecular flexibility index (Phi) is 2.50. The highest BCUT2D eigenvalue weighted by Crippen LogP contribution is 2.21. The molecule has 2 nitrogen and oxygen atoms in total. The maximum absolute atomic E-state index is 5.35. The van der Waals surface area contributed by atoms with Gasteiger partial charge in [0.1, 0.15) is 0 Å². The van der Waals surface area contributed by atoms with Crippen molar-refractivity contribution in [3.63, 3.8) is 0 Å². The molecular formula is C14H14NO. The van der Waals surface area contributed by atoms with Crippen LogP contribution in [0.5, 0.6) is 0 Å². The fraction of sp³-hybridized carbons (Fsp3) is 0.286. The van der Waals surface area contributed by atoms with Crippen molar-refractivity contribution in [1.29, 1.82) is 0 Å². The van der Waals surface area contributed by atoms with Gasteiger partial charge in [-0.25, -0.2) is 0 Å². The predicted molar refractivity (Wildman–Crippen MR) is 65.8 cm³/mol. The lowest BCUT2D eigenvalue weighted by Crippen LogP contribution is -2.36. The smallest absolute Gasteiger partial charge is 0.0642 e. The Labute approximate surface area is 95.4 Å². The second-order valence-corrected chi connectivity index (χ2v) is 4.03. The Morgan fingerprint density at radius 1 is 1.00 bits per heavy atom. The topological polar surface area (TPSA) is 12.5 Å². The van der Waals surface area contributed by atoms with E-state index in [2.05, 4.69) is 47.4 Å². The van der Waals surface area contributed by atoms with E-state index in [-0.39, 0.29) is 0 Å². The van der Waals surface area contributed by atoms with Crippen LogP contribution >= 0.6 is 0 Å². The molecule has 2 heteroatoms. The minimum atomic E-state index is 0.820. The predicted octanol–water partition coefficient (Wildman–Crippen LogP) is 2.48. The lowest BCUT2D eigenvalue weighted by atomic mass is 10.1. The second kappa shape index (κ2) is 4.14. The van der Waals surface area contributed by atoms with Crippen molar-refractivity contribution >= 4 is 16.5 Å². The van der Waals surface area contributed by atoms with Crippen LogP contribution in [0.4, 0.5) is 5.69 Å². The van der Waals surface area contributed by atoms with Gasteiger partial charge in [-0.1, -0.05) is 30.3 Å². The van der Waals surface area contributed by atoms with Gasteiger partial charge in [0.15, 0.2) is 0 Å². The van der Waals surface area contributed by atoms with Crippen LogP contribution in [0.3, 0.4) is 0 Å².